The molecule has 5 nitrogen and oxygen atoms in total. The molecule has 0 bridgehead atoms. The summed E-state index contributed by atoms with van der Waals surface area (Å²) < 4.78 is 5.17. The maximum absolute atomic E-state index is 9.54. The molecule has 0 saturated carbocycles. The molecule has 0 atom stereocenters. The highest BCUT2D eigenvalue weighted by molar-refractivity contribution is 5.59. The highest BCUT2D eigenvalue weighted by Crippen LogP contribution is 2.25. The molecule has 21 heavy (non-hydrogen) atoms. The van der Waals surface area contributed by atoms with Crippen LogP contribution in [0.4, 0.5) is 5.82 Å². The van der Waals surface area contributed by atoms with E-state index in [1.54, 1.807) is 7.11 Å². The third-order valence-corrected chi connectivity index (χ3v) is 3.87. The van der Waals surface area contributed by atoms with E-state index in [-0.39, 0.29) is 0 Å². The van der Waals surface area contributed by atoms with E-state index in [4.69, 9.17) is 4.74 Å². The molecule has 0 unspecified atom stereocenters. The molecule has 1 aliphatic heterocycles. The van der Waals surface area contributed by atoms with Crippen molar-refractivity contribution in [2.75, 3.05) is 31.7 Å². The summed E-state index contributed by atoms with van der Waals surface area (Å²) in [6.07, 6.45) is 4.72. The predicted octanol–water partition coefficient (Wildman–Crippen LogP) is 2.26. The van der Waals surface area contributed by atoms with Crippen LogP contribution in [-0.2, 0) is 17.6 Å². The van der Waals surface area contributed by atoms with Crippen molar-refractivity contribution in [3.63, 3.8) is 0 Å². The lowest BCUT2D eigenvalue weighted by molar-refractivity contribution is 0.222. The Hall–Kier alpha value is -1.93. The Labute approximate surface area is 126 Å². The van der Waals surface area contributed by atoms with Gasteiger partial charge in [0.25, 0.3) is 0 Å². The van der Waals surface area contributed by atoms with Crippen LogP contribution >= 0.6 is 0 Å². The Balaban J connectivity index is 2.31. The molecule has 0 aromatic carbocycles. The first-order valence-electron chi connectivity index (χ1n) is 7.45. The van der Waals surface area contributed by atoms with E-state index >= 15 is 0 Å². The highest BCUT2D eigenvalue weighted by atomic mass is 16.5. The molecule has 2 rings (SSSR count). The SMILES string of the molecule is CCc1nnc(N2CC=C(COC)CC2)c(C#N)c1CC. The van der Waals surface area contributed by atoms with E-state index in [0.29, 0.717) is 12.2 Å². The summed E-state index contributed by atoms with van der Waals surface area (Å²) >= 11 is 0. The van der Waals surface area contributed by atoms with Crippen molar-refractivity contribution in [3.8, 4) is 6.07 Å². The summed E-state index contributed by atoms with van der Waals surface area (Å²) in [5.41, 5.74) is 3.97. The summed E-state index contributed by atoms with van der Waals surface area (Å²) in [5, 5.41) is 18.2. The normalized spacial score (nSPS) is 14.8. The number of aromatic nitrogens is 2. The maximum Gasteiger partial charge on any atom is 0.169 e. The van der Waals surface area contributed by atoms with Crippen LogP contribution in [-0.4, -0.2) is 37.0 Å². The summed E-state index contributed by atoms with van der Waals surface area (Å²) in [5.74, 6) is 0.722. The van der Waals surface area contributed by atoms with E-state index in [0.717, 1.165) is 49.4 Å². The van der Waals surface area contributed by atoms with Gasteiger partial charge in [-0.1, -0.05) is 19.9 Å². The molecule has 0 amide bonds. The van der Waals surface area contributed by atoms with Crippen molar-refractivity contribution in [1.82, 2.24) is 10.2 Å². The van der Waals surface area contributed by atoms with Crippen molar-refractivity contribution in [2.45, 2.75) is 33.1 Å². The Morgan fingerprint density at radius 3 is 2.67 bits per heavy atom. The number of hydrogen-bond acceptors (Lipinski definition) is 5. The molecule has 1 aliphatic rings. The van der Waals surface area contributed by atoms with Crippen molar-refractivity contribution < 1.29 is 4.74 Å². The fraction of sp³-hybridized carbons (Fsp3) is 0.562. The number of hydrogen-bond donors (Lipinski definition) is 0. The van der Waals surface area contributed by atoms with Crippen LogP contribution in [0, 0.1) is 11.3 Å². The van der Waals surface area contributed by atoms with E-state index in [1.165, 1.54) is 5.57 Å². The number of nitrogens with zero attached hydrogens (tertiary/aromatic N) is 4. The number of anilines is 1. The lowest BCUT2D eigenvalue weighted by Gasteiger charge is -2.28. The molecule has 0 radical (unpaired) electrons. The average molecular weight is 286 g/mol. The number of nitriles is 1. The van der Waals surface area contributed by atoms with Gasteiger partial charge in [-0.15, -0.1) is 5.10 Å². The van der Waals surface area contributed by atoms with Crippen LogP contribution in [0.15, 0.2) is 11.6 Å². The van der Waals surface area contributed by atoms with Gasteiger partial charge in [-0.2, -0.15) is 10.4 Å². The van der Waals surface area contributed by atoms with Crippen molar-refractivity contribution in [3.05, 3.63) is 28.5 Å². The first-order valence-corrected chi connectivity index (χ1v) is 7.45. The van der Waals surface area contributed by atoms with Gasteiger partial charge in [-0.25, -0.2) is 0 Å². The lowest BCUT2D eigenvalue weighted by Crippen LogP contribution is -2.31. The number of ether oxygens (including phenoxy) is 1. The van der Waals surface area contributed by atoms with E-state index in [9.17, 15) is 5.26 Å². The van der Waals surface area contributed by atoms with Gasteiger partial charge in [-0.05, 0) is 30.4 Å². The summed E-state index contributed by atoms with van der Waals surface area (Å²) in [6, 6.07) is 2.33. The van der Waals surface area contributed by atoms with Gasteiger partial charge in [0.2, 0.25) is 0 Å². The minimum atomic E-state index is 0.680. The van der Waals surface area contributed by atoms with Gasteiger partial charge in [0.15, 0.2) is 5.82 Å². The number of methoxy groups -OCH3 is 1. The van der Waals surface area contributed by atoms with Crippen LogP contribution in [0.5, 0.6) is 0 Å². The molecule has 112 valence electrons. The van der Waals surface area contributed by atoms with E-state index in [2.05, 4.69) is 34.2 Å². The van der Waals surface area contributed by atoms with Gasteiger partial charge in [-0.3, -0.25) is 0 Å². The van der Waals surface area contributed by atoms with Crippen LogP contribution in [0.25, 0.3) is 0 Å². The van der Waals surface area contributed by atoms with Gasteiger partial charge in [0.05, 0.1) is 12.3 Å². The molecular weight excluding hydrogens is 264 g/mol. The Bertz CT molecular complexity index is 574. The maximum atomic E-state index is 9.54. The number of rotatable bonds is 5. The largest absolute Gasteiger partial charge is 0.380 e. The predicted molar refractivity (Wildman–Crippen MR) is 82.3 cm³/mol. The second-order valence-electron chi connectivity index (χ2n) is 5.13. The Morgan fingerprint density at radius 2 is 2.14 bits per heavy atom. The van der Waals surface area contributed by atoms with E-state index < -0.39 is 0 Å². The minimum Gasteiger partial charge on any atom is -0.380 e. The third kappa shape index (κ3) is 3.22. The molecule has 0 fully saturated rings. The first-order chi connectivity index (χ1) is 10.2. The Kier molecular flexibility index (Phi) is 5.29. The van der Waals surface area contributed by atoms with Crippen molar-refractivity contribution in [1.29, 1.82) is 5.26 Å². The molecule has 1 aromatic heterocycles. The van der Waals surface area contributed by atoms with Crippen molar-refractivity contribution in [2.24, 2.45) is 0 Å². The summed E-state index contributed by atoms with van der Waals surface area (Å²) in [7, 11) is 1.71. The van der Waals surface area contributed by atoms with Gasteiger partial charge < -0.3 is 9.64 Å². The van der Waals surface area contributed by atoms with Crippen LogP contribution in [0.2, 0.25) is 0 Å². The zero-order valence-electron chi connectivity index (χ0n) is 13.0. The fourth-order valence-corrected chi connectivity index (χ4v) is 2.72. The van der Waals surface area contributed by atoms with Crippen LogP contribution < -0.4 is 4.90 Å². The zero-order valence-corrected chi connectivity index (χ0v) is 13.0. The molecule has 0 spiro atoms. The lowest BCUT2D eigenvalue weighted by atomic mass is 10.0. The minimum absolute atomic E-state index is 0.680. The third-order valence-electron chi connectivity index (χ3n) is 3.87. The Morgan fingerprint density at radius 1 is 1.33 bits per heavy atom. The molecule has 0 aliphatic carbocycles. The smallest absolute Gasteiger partial charge is 0.169 e. The second-order valence-corrected chi connectivity index (χ2v) is 5.13. The molecule has 0 saturated heterocycles. The molecule has 0 N–H and O–H groups in total. The average Bonchev–Trinajstić information content (AvgIpc) is 2.54. The second kappa shape index (κ2) is 7.19. The molecule has 5 heteroatoms. The fourth-order valence-electron chi connectivity index (χ4n) is 2.72. The first kappa shape index (κ1) is 15.5. The molecule has 2 heterocycles. The summed E-state index contributed by atoms with van der Waals surface area (Å²) in [6.45, 7) is 6.40. The van der Waals surface area contributed by atoms with Crippen LogP contribution in [0.3, 0.4) is 0 Å². The monoisotopic (exact) mass is 286 g/mol. The standard InChI is InChI=1S/C16H22N4O/c1-4-13-14(10-17)16(19-18-15(13)5-2)20-8-6-12(7-9-20)11-21-3/h6H,4-5,7-9,11H2,1-3H3. The molecule has 1 aromatic rings. The topological polar surface area (TPSA) is 62.0 Å². The summed E-state index contributed by atoms with van der Waals surface area (Å²) in [4.78, 5) is 2.13. The van der Waals surface area contributed by atoms with Crippen molar-refractivity contribution >= 4 is 5.82 Å². The molecular formula is C16H22N4O. The van der Waals surface area contributed by atoms with Gasteiger partial charge in [0, 0.05) is 20.2 Å². The zero-order chi connectivity index (χ0) is 15.2. The van der Waals surface area contributed by atoms with Gasteiger partial charge >= 0.3 is 0 Å². The number of aryl methyl sites for hydroxylation is 1. The van der Waals surface area contributed by atoms with Gasteiger partial charge in [0.1, 0.15) is 11.6 Å². The quantitative estimate of drug-likeness (QED) is 0.777. The van der Waals surface area contributed by atoms with E-state index in [1.807, 2.05) is 6.92 Å². The van der Waals surface area contributed by atoms with Crippen LogP contribution in [0.1, 0.15) is 37.1 Å². The highest BCUT2D eigenvalue weighted by Gasteiger charge is 2.21.